The second-order valence-electron chi connectivity index (χ2n) is 14.2. The van der Waals surface area contributed by atoms with Crippen molar-refractivity contribution < 1.29 is 37.3 Å². The van der Waals surface area contributed by atoms with Crippen LogP contribution in [-0.2, 0) is 37.3 Å². The van der Waals surface area contributed by atoms with E-state index in [1.807, 2.05) is 13.8 Å². The molecule has 0 saturated carbocycles. The summed E-state index contributed by atoms with van der Waals surface area (Å²) >= 11 is 0. The first-order valence-corrected chi connectivity index (χ1v) is 19.1. The Labute approximate surface area is 220 Å². The number of esters is 1. The standard InChI is InChI=1S/C26H50O8Si2/c1-17(27)30-26(14-18-15-28-18)22(34-36(12,13)24(5,6)7)21(33-35(10,11)23(2,3)4)20(32-26)19-16-29-25(8,9)31-19/h18-22H,14-16H2,1-13H3/t18?,19-,20-,21+,22-,26-/m1/s1. The van der Waals surface area contributed by atoms with E-state index in [4.69, 9.17) is 32.5 Å². The van der Waals surface area contributed by atoms with Crippen molar-refractivity contribution >= 4 is 22.6 Å². The van der Waals surface area contributed by atoms with Gasteiger partial charge in [0.1, 0.15) is 24.4 Å². The molecule has 3 heterocycles. The Morgan fingerprint density at radius 2 is 1.44 bits per heavy atom. The zero-order valence-corrected chi connectivity index (χ0v) is 26.8. The van der Waals surface area contributed by atoms with E-state index in [0.717, 1.165) is 0 Å². The Kier molecular flexibility index (Phi) is 8.13. The molecule has 3 aliphatic heterocycles. The number of rotatable bonds is 8. The maximum absolute atomic E-state index is 12.5. The maximum Gasteiger partial charge on any atom is 0.305 e. The number of ether oxygens (including phenoxy) is 5. The average molecular weight is 547 g/mol. The van der Waals surface area contributed by atoms with Gasteiger partial charge in [0, 0.05) is 13.3 Å². The first-order chi connectivity index (χ1) is 16.1. The third-order valence-corrected chi connectivity index (χ3v) is 17.4. The quantitative estimate of drug-likeness (QED) is 0.228. The van der Waals surface area contributed by atoms with Gasteiger partial charge in [0.2, 0.25) is 5.79 Å². The van der Waals surface area contributed by atoms with Crippen molar-refractivity contribution in [2.75, 3.05) is 13.2 Å². The molecule has 8 nitrogen and oxygen atoms in total. The predicted molar refractivity (Wildman–Crippen MR) is 143 cm³/mol. The van der Waals surface area contributed by atoms with Crippen molar-refractivity contribution in [1.29, 1.82) is 0 Å². The summed E-state index contributed by atoms with van der Waals surface area (Å²) in [6.07, 6.45) is -1.72. The molecule has 6 atom stereocenters. The minimum atomic E-state index is -2.35. The lowest BCUT2D eigenvalue weighted by Crippen LogP contribution is -2.58. The molecule has 0 aliphatic carbocycles. The molecule has 0 radical (unpaired) electrons. The smallest absolute Gasteiger partial charge is 0.305 e. The second-order valence-corrected chi connectivity index (χ2v) is 23.7. The van der Waals surface area contributed by atoms with Gasteiger partial charge in [0.25, 0.3) is 0 Å². The molecule has 0 aromatic rings. The number of hydrogen-bond acceptors (Lipinski definition) is 8. The molecule has 210 valence electrons. The van der Waals surface area contributed by atoms with E-state index in [-0.39, 0.29) is 16.2 Å². The van der Waals surface area contributed by atoms with E-state index in [1.165, 1.54) is 6.92 Å². The molecule has 0 bridgehead atoms. The van der Waals surface area contributed by atoms with Crippen LogP contribution in [0.3, 0.4) is 0 Å². The van der Waals surface area contributed by atoms with Crippen molar-refractivity contribution in [3.8, 4) is 0 Å². The summed E-state index contributed by atoms with van der Waals surface area (Å²) in [5.41, 5.74) is 0. The van der Waals surface area contributed by atoms with Crippen LogP contribution in [0.25, 0.3) is 0 Å². The molecule has 0 spiro atoms. The minimum Gasteiger partial charge on any atom is -0.430 e. The van der Waals surface area contributed by atoms with Crippen LogP contribution in [0.4, 0.5) is 0 Å². The van der Waals surface area contributed by atoms with E-state index in [1.54, 1.807) is 0 Å². The molecule has 10 heteroatoms. The van der Waals surface area contributed by atoms with Crippen LogP contribution >= 0.6 is 0 Å². The number of hydrogen-bond donors (Lipinski definition) is 0. The van der Waals surface area contributed by atoms with Gasteiger partial charge in [-0.05, 0) is 50.1 Å². The number of carbonyl (C=O) groups is 1. The molecule has 0 N–H and O–H groups in total. The third kappa shape index (κ3) is 6.44. The minimum absolute atomic E-state index is 0.0440. The highest BCUT2D eigenvalue weighted by molar-refractivity contribution is 6.74. The van der Waals surface area contributed by atoms with Crippen LogP contribution in [0.2, 0.25) is 36.3 Å². The van der Waals surface area contributed by atoms with Gasteiger partial charge < -0.3 is 32.5 Å². The van der Waals surface area contributed by atoms with Crippen LogP contribution < -0.4 is 0 Å². The molecule has 0 aromatic heterocycles. The fourth-order valence-corrected chi connectivity index (χ4v) is 6.88. The summed E-state index contributed by atoms with van der Waals surface area (Å²) in [5.74, 6) is -2.50. The van der Waals surface area contributed by atoms with Crippen LogP contribution in [0.15, 0.2) is 0 Å². The zero-order chi connectivity index (χ0) is 27.5. The summed E-state index contributed by atoms with van der Waals surface area (Å²) < 4.78 is 44.9. The number of carbonyl (C=O) groups excluding carboxylic acids is 1. The summed E-state index contributed by atoms with van der Waals surface area (Å²) in [6, 6.07) is 0. The first-order valence-electron chi connectivity index (χ1n) is 13.3. The monoisotopic (exact) mass is 546 g/mol. The van der Waals surface area contributed by atoms with Gasteiger partial charge >= 0.3 is 5.97 Å². The topological polar surface area (TPSA) is 85.0 Å². The lowest BCUT2D eigenvalue weighted by molar-refractivity contribution is -0.259. The van der Waals surface area contributed by atoms with Gasteiger partial charge in [-0.25, -0.2) is 0 Å². The van der Waals surface area contributed by atoms with E-state index < -0.39 is 58.6 Å². The fraction of sp³-hybridized carbons (Fsp3) is 0.962. The highest BCUT2D eigenvalue weighted by Crippen LogP contribution is 2.50. The molecular weight excluding hydrogens is 496 g/mol. The van der Waals surface area contributed by atoms with Crippen molar-refractivity contribution in [3.63, 3.8) is 0 Å². The highest BCUT2D eigenvalue weighted by atomic mass is 28.4. The number of epoxide rings is 1. The Bertz CT molecular complexity index is 812. The molecule has 3 rings (SSSR count). The Hall–Kier alpha value is -0.336. The van der Waals surface area contributed by atoms with Crippen LogP contribution in [0.1, 0.15) is 68.7 Å². The maximum atomic E-state index is 12.5. The highest BCUT2D eigenvalue weighted by Gasteiger charge is 2.66. The summed E-state index contributed by atoms with van der Waals surface area (Å²) in [5, 5.41) is -0.114. The van der Waals surface area contributed by atoms with Crippen LogP contribution in [-0.4, -0.2) is 77.9 Å². The fourth-order valence-electron chi connectivity index (χ4n) is 4.28. The van der Waals surface area contributed by atoms with E-state index in [9.17, 15) is 4.79 Å². The molecule has 3 aliphatic rings. The van der Waals surface area contributed by atoms with E-state index >= 15 is 0 Å². The van der Waals surface area contributed by atoms with Crippen molar-refractivity contribution in [1.82, 2.24) is 0 Å². The van der Waals surface area contributed by atoms with Crippen LogP contribution in [0, 0.1) is 0 Å². The van der Waals surface area contributed by atoms with Gasteiger partial charge in [-0.1, -0.05) is 41.5 Å². The third-order valence-electron chi connectivity index (χ3n) is 8.48. The van der Waals surface area contributed by atoms with E-state index in [0.29, 0.717) is 19.6 Å². The lowest BCUT2D eigenvalue weighted by atomic mass is 9.99. The van der Waals surface area contributed by atoms with Crippen molar-refractivity contribution in [3.05, 3.63) is 0 Å². The Morgan fingerprint density at radius 1 is 0.917 bits per heavy atom. The molecule has 36 heavy (non-hydrogen) atoms. The van der Waals surface area contributed by atoms with Crippen molar-refractivity contribution in [2.45, 2.75) is 147 Å². The second kappa shape index (κ2) is 9.69. The molecule has 0 amide bonds. The normalized spacial score (nSPS) is 35.2. The van der Waals surface area contributed by atoms with Crippen molar-refractivity contribution in [2.24, 2.45) is 0 Å². The molecule has 1 unspecified atom stereocenters. The summed E-state index contributed by atoms with van der Waals surface area (Å²) in [7, 11) is -4.65. The SMILES string of the molecule is CC(=O)O[C@]1(CC2CO2)O[C@H]([C@H]2COC(C)(C)O2)[C@H](O[Si](C)(C)C(C)(C)C)[C@H]1O[Si](C)(C)C(C)(C)C. The van der Waals surface area contributed by atoms with Gasteiger partial charge in [-0.3, -0.25) is 4.79 Å². The summed E-state index contributed by atoms with van der Waals surface area (Å²) in [4.78, 5) is 12.5. The molecular formula is C26H50O8Si2. The van der Waals surface area contributed by atoms with Gasteiger partial charge in [0.15, 0.2) is 22.4 Å². The van der Waals surface area contributed by atoms with Crippen LogP contribution in [0.5, 0.6) is 0 Å². The van der Waals surface area contributed by atoms with Gasteiger partial charge in [-0.15, -0.1) is 0 Å². The Morgan fingerprint density at radius 3 is 1.86 bits per heavy atom. The van der Waals surface area contributed by atoms with E-state index in [2.05, 4.69) is 67.7 Å². The summed E-state index contributed by atoms with van der Waals surface area (Å²) in [6.45, 7) is 28.2. The van der Waals surface area contributed by atoms with Gasteiger partial charge in [-0.2, -0.15) is 0 Å². The largest absolute Gasteiger partial charge is 0.430 e. The predicted octanol–water partition coefficient (Wildman–Crippen LogP) is 5.37. The average Bonchev–Trinajstić information content (AvgIpc) is 3.33. The molecule has 3 fully saturated rings. The van der Waals surface area contributed by atoms with Gasteiger partial charge in [0.05, 0.1) is 19.3 Å². The zero-order valence-electron chi connectivity index (χ0n) is 24.8. The molecule has 3 saturated heterocycles. The molecule has 0 aromatic carbocycles. The lowest BCUT2D eigenvalue weighted by Gasteiger charge is -2.45. The first kappa shape index (κ1) is 30.2. The Balaban J connectivity index is 2.13.